The fraction of sp³-hybridized carbons (Fsp3) is 0.167. The maximum atomic E-state index is 11.0. The van der Waals surface area contributed by atoms with Gasteiger partial charge < -0.3 is 10.4 Å². The van der Waals surface area contributed by atoms with Crippen LogP contribution in [-0.4, -0.2) is 21.0 Å². The van der Waals surface area contributed by atoms with E-state index in [2.05, 4.69) is 10.3 Å². The van der Waals surface area contributed by atoms with Gasteiger partial charge in [0.2, 0.25) is 0 Å². The molecule has 1 aromatic carbocycles. The fourth-order valence-electron chi connectivity index (χ4n) is 1.71. The number of carboxylic acids is 1. The number of rotatable bonds is 5. The van der Waals surface area contributed by atoms with Crippen molar-refractivity contribution in [1.29, 1.82) is 0 Å². The van der Waals surface area contributed by atoms with Gasteiger partial charge in [0.15, 0.2) is 5.69 Å². The zero-order chi connectivity index (χ0) is 14.7. The Labute approximate surface area is 118 Å². The van der Waals surface area contributed by atoms with Crippen molar-refractivity contribution in [2.24, 2.45) is 0 Å². The van der Waals surface area contributed by atoms with E-state index in [0.717, 1.165) is 0 Å². The predicted octanol–water partition coefficient (Wildman–Crippen LogP) is 2.67. The van der Waals surface area contributed by atoms with Crippen LogP contribution in [0, 0.1) is 17.0 Å². The van der Waals surface area contributed by atoms with Crippen LogP contribution in [0.4, 0.5) is 11.4 Å². The molecule has 104 valence electrons. The van der Waals surface area contributed by atoms with E-state index in [9.17, 15) is 14.9 Å². The van der Waals surface area contributed by atoms with Gasteiger partial charge in [0, 0.05) is 10.9 Å². The summed E-state index contributed by atoms with van der Waals surface area (Å²) in [5.74, 6) is -1.09. The third-order valence-corrected chi connectivity index (χ3v) is 3.47. The van der Waals surface area contributed by atoms with Crippen molar-refractivity contribution in [1.82, 2.24) is 4.98 Å². The first kappa shape index (κ1) is 13.9. The minimum Gasteiger partial charge on any atom is -0.476 e. The molecule has 0 aliphatic carbocycles. The predicted molar refractivity (Wildman–Crippen MR) is 74.2 cm³/mol. The minimum absolute atomic E-state index is 0.0162. The van der Waals surface area contributed by atoms with Crippen molar-refractivity contribution in [2.45, 2.75) is 13.5 Å². The number of nitrogens with zero attached hydrogens (tertiary/aromatic N) is 2. The van der Waals surface area contributed by atoms with E-state index in [-0.39, 0.29) is 17.9 Å². The first-order chi connectivity index (χ1) is 9.49. The van der Waals surface area contributed by atoms with Gasteiger partial charge in [-0.2, -0.15) is 0 Å². The molecule has 0 aliphatic rings. The number of nitro benzene ring substituents is 1. The first-order valence-electron chi connectivity index (χ1n) is 5.64. The normalized spacial score (nSPS) is 10.2. The molecule has 0 radical (unpaired) electrons. The van der Waals surface area contributed by atoms with Crippen LogP contribution in [0.2, 0.25) is 0 Å². The van der Waals surface area contributed by atoms with E-state index in [4.69, 9.17) is 5.11 Å². The van der Waals surface area contributed by atoms with Gasteiger partial charge in [0.05, 0.1) is 11.5 Å². The smallest absolute Gasteiger partial charge is 0.355 e. The van der Waals surface area contributed by atoms with Gasteiger partial charge >= 0.3 is 5.97 Å². The summed E-state index contributed by atoms with van der Waals surface area (Å²) in [6.45, 7) is 1.90. The molecule has 0 saturated heterocycles. The summed E-state index contributed by atoms with van der Waals surface area (Å²) in [4.78, 5) is 25.2. The fourth-order valence-corrected chi connectivity index (χ4v) is 2.41. The Morgan fingerprint density at radius 1 is 1.55 bits per heavy atom. The minimum atomic E-state index is -1.09. The Hall–Kier alpha value is -2.48. The van der Waals surface area contributed by atoms with Crippen LogP contribution in [-0.2, 0) is 6.54 Å². The summed E-state index contributed by atoms with van der Waals surface area (Å²) in [5.41, 5.74) is 0.945. The van der Waals surface area contributed by atoms with Crippen LogP contribution < -0.4 is 5.32 Å². The van der Waals surface area contributed by atoms with Crippen LogP contribution in [0.25, 0.3) is 0 Å². The second-order valence-corrected chi connectivity index (χ2v) is 4.96. The van der Waals surface area contributed by atoms with Gasteiger partial charge in [-0.15, -0.1) is 11.3 Å². The third kappa shape index (κ3) is 2.91. The Bertz CT molecular complexity index is 668. The molecule has 0 atom stereocenters. The van der Waals surface area contributed by atoms with Crippen molar-refractivity contribution in [2.75, 3.05) is 5.32 Å². The molecule has 20 heavy (non-hydrogen) atoms. The molecule has 2 aromatic rings. The number of nitro groups is 1. The molecule has 1 aromatic heterocycles. The zero-order valence-electron chi connectivity index (χ0n) is 10.5. The lowest BCUT2D eigenvalue weighted by Crippen LogP contribution is -2.04. The van der Waals surface area contributed by atoms with E-state index >= 15 is 0 Å². The standard InChI is InChI=1S/C12H11N3O4S/c1-7-3-2-4-8(11(7)15(18)19)13-5-10-14-9(6-20-10)12(16)17/h2-4,6,13H,5H2,1H3,(H,16,17). The SMILES string of the molecule is Cc1cccc(NCc2nc(C(=O)O)cs2)c1[N+](=O)[O-]. The maximum absolute atomic E-state index is 11.0. The maximum Gasteiger partial charge on any atom is 0.355 e. The van der Waals surface area contributed by atoms with Gasteiger partial charge in [0.25, 0.3) is 5.69 Å². The molecule has 0 fully saturated rings. The average molecular weight is 293 g/mol. The number of hydrogen-bond acceptors (Lipinski definition) is 6. The Balaban J connectivity index is 2.16. The van der Waals surface area contributed by atoms with Crippen molar-refractivity contribution in [3.05, 3.63) is 50.0 Å². The van der Waals surface area contributed by atoms with E-state index in [1.165, 1.54) is 16.7 Å². The van der Waals surface area contributed by atoms with Gasteiger partial charge in [-0.05, 0) is 13.0 Å². The molecule has 8 heteroatoms. The second-order valence-electron chi connectivity index (χ2n) is 4.01. The molecule has 7 nitrogen and oxygen atoms in total. The van der Waals surface area contributed by atoms with Crippen molar-refractivity contribution >= 4 is 28.7 Å². The number of aromatic nitrogens is 1. The molecule has 0 unspecified atom stereocenters. The summed E-state index contributed by atoms with van der Waals surface area (Å²) in [6.07, 6.45) is 0. The summed E-state index contributed by atoms with van der Waals surface area (Å²) in [5, 5.41) is 24.7. The van der Waals surface area contributed by atoms with Crippen molar-refractivity contribution in [3.63, 3.8) is 0 Å². The summed E-state index contributed by atoms with van der Waals surface area (Å²) < 4.78 is 0. The van der Waals surface area contributed by atoms with Crippen LogP contribution in [0.15, 0.2) is 23.6 Å². The van der Waals surface area contributed by atoms with Gasteiger partial charge in [-0.1, -0.05) is 12.1 Å². The number of aromatic carboxylic acids is 1. The van der Waals surface area contributed by atoms with Crippen LogP contribution in [0.3, 0.4) is 0 Å². The molecule has 0 saturated carbocycles. The van der Waals surface area contributed by atoms with E-state index in [1.54, 1.807) is 25.1 Å². The average Bonchev–Trinajstić information content (AvgIpc) is 2.84. The van der Waals surface area contributed by atoms with E-state index in [0.29, 0.717) is 16.3 Å². The van der Waals surface area contributed by atoms with Crippen molar-refractivity contribution < 1.29 is 14.8 Å². The largest absolute Gasteiger partial charge is 0.476 e. The third-order valence-electron chi connectivity index (χ3n) is 2.62. The number of anilines is 1. The van der Waals surface area contributed by atoms with Gasteiger partial charge in [0.1, 0.15) is 10.7 Å². The highest BCUT2D eigenvalue weighted by molar-refractivity contribution is 7.09. The molecule has 2 N–H and O–H groups in total. The molecule has 0 amide bonds. The lowest BCUT2D eigenvalue weighted by atomic mass is 10.1. The van der Waals surface area contributed by atoms with E-state index in [1.807, 2.05) is 0 Å². The zero-order valence-corrected chi connectivity index (χ0v) is 11.3. The molecular weight excluding hydrogens is 282 g/mol. The van der Waals surface area contributed by atoms with Crippen LogP contribution in [0.5, 0.6) is 0 Å². The number of benzene rings is 1. The van der Waals surface area contributed by atoms with Gasteiger partial charge in [-0.3, -0.25) is 10.1 Å². The molecule has 0 bridgehead atoms. The number of carbonyl (C=O) groups is 1. The number of thiazole rings is 1. The Morgan fingerprint density at radius 2 is 2.30 bits per heavy atom. The monoisotopic (exact) mass is 293 g/mol. The number of hydrogen-bond donors (Lipinski definition) is 2. The van der Waals surface area contributed by atoms with Crippen molar-refractivity contribution in [3.8, 4) is 0 Å². The Kier molecular flexibility index (Phi) is 3.94. The summed E-state index contributed by atoms with van der Waals surface area (Å²) in [6, 6.07) is 4.99. The number of aryl methyl sites for hydroxylation is 1. The number of carboxylic acid groups (broad SMARTS) is 1. The molecular formula is C12H11N3O4S. The lowest BCUT2D eigenvalue weighted by molar-refractivity contribution is -0.384. The summed E-state index contributed by atoms with van der Waals surface area (Å²) >= 11 is 1.19. The molecule has 2 rings (SSSR count). The van der Waals surface area contributed by atoms with Crippen LogP contribution in [0.1, 0.15) is 21.1 Å². The topological polar surface area (TPSA) is 105 Å². The number of para-hydroxylation sites is 1. The molecule has 1 heterocycles. The Morgan fingerprint density at radius 3 is 2.90 bits per heavy atom. The highest BCUT2D eigenvalue weighted by Gasteiger charge is 2.17. The van der Waals surface area contributed by atoms with Gasteiger partial charge in [-0.25, -0.2) is 9.78 Å². The molecule has 0 aliphatic heterocycles. The lowest BCUT2D eigenvalue weighted by Gasteiger charge is -2.06. The quantitative estimate of drug-likeness (QED) is 0.648. The summed E-state index contributed by atoms with van der Waals surface area (Å²) in [7, 11) is 0. The highest BCUT2D eigenvalue weighted by Crippen LogP contribution is 2.28. The highest BCUT2D eigenvalue weighted by atomic mass is 32.1. The van der Waals surface area contributed by atoms with Crippen LogP contribution >= 0.6 is 11.3 Å². The second kappa shape index (κ2) is 5.66. The number of nitrogens with one attached hydrogen (secondary N) is 1. The molecule has 0 spiro atoms. The van der Waals surface area contributed by atoms with E-state index < -0.39 is 10.9 Å². The first-order valence-corrected chi connectivity index (χ1v) is 6.52.